The SMILES string of the molecule is c1ccc(C2=NC(c3ccc(-n4c5ccccc5c5ccccc54)cc3)N=C(c3ccc(-n4c5ccccc5c5ccccc54)cc3)N2)cc1. The molecule has 0 bridgehead atoms. The normalized spacial score (nSPS) is 14.6. The Morgan fingerprint density at radius 3 is 1.16 bits per heavy atom. The quantitative estimate of drug-likeness (QED) is 0.200. The Labute approximate surface area is 289 Å². The van der Waals surface area contributed by atoms with Crippen LogP contribution in [0.15, 0.2) is 186 Å². The zero-order valence-corrected chi connectivity index (χ0v) is 27.1. The molecule has 0 aliphatic carbocycles. The number of nitrogens with zero attached hydrogens (tertiary/aromatic N) is 4. The molecule has 2 aromatic heterocycles. The second-order valence-electron chi connectivity index (χ2n) is 12.7. The second kappa shape index (κ2) is 11.5. The van der Waals surface area contributed by atoms with E-state index in [1.807, 2.05) is 18.2 Å². The van der Waals surface area contributed by atoms with Crippen LogP contribution >= 0.6 is 0 Å². The number of rotatable bonds is 5. The number of aromatic nitrogens is 2. The van der Waals surface area contributed by atoms with Crippen LogP contribution in [0, 0.1) is 0 Å². The van der Waals surface area contributed by atoms with Gasteiger partial charge < -0.3 is 14.5 Å². The van der Waals surface area contributed by atoms with Crippen LogP contribution in [-0.4, -0.2) is 20.8 Å². The lowest BCUT2D eigenvalue weighted by Gasteiger charge is -2.23. The number of hydrogen-bond donors (Lipinski definition) is 1. The molecule has 9 aromatic rings. The molecule has 1 atom stereocenters. The molecule has 1 N–H and O–H groups in total. The van der Waals surface area contributed by atoms with E-state index >= 15 is 0 Å². The van der Waals surface area contributed by atoms with Gasteiger partial charge >= 0.3 is 0 Å². The van der Waals surface area contributed by atoms with Crippen molar-refractivity contribution in [2.24, 2.45) is 9.98 Å². The minimum atomic E-state index is -0.398. The number of para-hydroxylation sites is 4. The van der Waals surface area contributed by atoms with Gasteiger partial charge in [-0.3, -0.25) is 0 Å². The van der Waals surface area contributed by atoms with Crippen LogP contribution in [0.25, 0.3) is 55.0 Å². The lowest BCUT2D eigenvalue weighted by molar-refractivity contribution is 0.755. The van der Waals surface area contributed by atoms with Crippen molar-refractivity contribution in [2.75, 3.05) is 0 Å². The summed E-state index contributed by atoms with van der Waals surface area (Å²) in [5, 5.41) is 8.57. The first-order valence-corrected chi connectivity index (χ1v) is 17.0. The highest BCUT2D eigenvalue weighted by molar-refractivity contribution is 6.16. The van der Waals surface area contributed by atoms with Crippen LogP contribution < -0.4 is 5.32 Å². The first kappa shape index (κ1) is 28.3. The molecule has 50 heavy (non-hydrogen) atoms. The van der Waals surface area contributed by atoms with Crippen LogP contribution in [0.5, 0.6) is 0 Å². The van der Waals surface area contributed by atoms with Crippen LogP contribution in [0.1, 0.15) is 22.9 Å². The zero-order chi connectivity index (χ0) is 33.0. The van der Waals surface area contributed by atoms with E-state index in [4.69, 9.17) is 9.98 Å². The van der Waals surface area contributed by atoms with Crippen LogP contribution in [-0.2, 0) is 0 Å². The molecule has 0 spiro atoms. The minimum Gasteiger partial charge on any atom is -0.324 e. The fourth-order valence-electron chi connectivity index (χ4n) is 7.45. The Bertz CT molecular complexity index is 2660. The van der Waals surface area contributed by atoms with Gasteiger partial charge in [0, 0.05) is 44.0 Å². The average Bonchev–Trinajstić information content (AvgIpc) is 3.71. The average molecular weight is 642 g/mol. The van der Waals surface area contributed by atoms with E-state index in [-0.39, 0.29) is 0 Å². The van der Waals surface area contributed by atoms with Gasteiger partial charge in [0.25, 0.3) is 0 Å². The van der Waals surface area contributed by atoms with Gasteiger partial charge in [-0.25, -0.2) is 9.98 Å². The standard InChI is InChI=1S/C45H31N5/c1-2-12-30(13-3-1)43-46-44(31-22-26-33(27-23-31)49-39-18-8-4-14-35(39)36-15-5-9-19-40(36)49)48-45(47-43)32-24-28-34(29-25-32)50-41-20-10-6-16-37(41)38-17-7-11-21-42(38)50/h1-29,44H,(H,46,47,48). The molecule has 1 unspecified atom stereocenters. The number of benzene rings is 7. The van der Waals surface area contributed by atoms with Gasteiger partial charge in [-0.15, -0.1) is 0 Å². The molecular formula is C45H31N5. The molecule has 236 valence electrons. The molecule has 0 saturated carbocycles. The van der Waals surface area contributed by atoms with Crippen molar-refractivity contribution in [3.8, 4) is 11.4 Å². The van der Waals surface area contributed by atoms with E-state index in [1.165, 1.54) is 43.6 Å². The summed E-state index contributed by atoms with van der Waals surface area (Å²) in [5.74, 6) is 1.60. The zero-order valence-electron chi connectivity index (χ0n) is 27.1. The fourth-order valence-corrected chi connectivity index (χ4v) is 7.45. The Morgan fingerprint density at radius 1 is 0.360 bits per heavy atom. The summed E-state index contributed by atoms with van der Waals surface area (Å²) in [6.07, 6.45) is -0.398. The van der Waals surface area contributed by atoms with Crippen molar-refractivity contribution in [1.82, 2.24) is 14.5 Å². The van der Waals surface area contributed by atoms with Crippen LogP contribution in [0.2, 0.25) is 0 Å². The minimum absolute atomic E-state index is 0.398. The molecule has 1 aliphatic rings. The number of hydrogen-bond acceptors (Lipinski definition) is 3. The topological polar surface area (TPSA) is 46.6 Å². The Hall–Kier alpha value is -6.72. The van der Waals surface area contributed by atoms with Gasteiger partial charge in [0.05, 0.1) is 22.1 Å². The van der Waals surface area contributed by atoms with Crippen molar-refractivity contribution in [3.05, 3.63) is 193 Å². The van der Waals surface area contributed by atoms with E-state index in [9.17, 15) is 0 Å². The summed E-state index contributed by atoms with van der Waals surface area (Å²) in [6, 6.07) is 62.0. The molecule has 1 aliphatic heterocycles. The maximum Gasteiger partial charge on any atom is 0.169 e. The van der Waals surface area contributed by atoms with Gasteiger partial charge in [-0.1, -0.05) is 115 Å². The van der Waals surface area contributed by atoms with Gasteiger partial charge in [0.15, 0.2) is 6.17 Å². The Morgan fingerprint density at radius 2 is 0.720 bits per heavy atom. The second-order valence-corrected chi connectivity index (χ2v) is 12.7. The number of aliphatic imine (C=N–C) groups is 2. The lowest BCUT2D eigenvalue weighted by atomic mass is 10.1. The molecule has 5 heteroatoms. The predicted octanol–water partition coefficient (Wildman–Crippen LogP) is 10.4. The van der Waals surface area contributed by atoms with Crippen molar-refractivity contribution >= 4 is 55.3 Å². The number of nitrogens with one attached hydrogen (secondary N) is 1. The molecule has 0 amide bonds. The van der Waals surface area contributed by atoms with E-state index in [0.29, 0.717) is 0 Å². The third-order valence-corrected chi connectivity index (χ3v) is 9.80. The predicted molar refractivity (Wildman–Crippen MR) is 207 cm³/mol. The summed E-state index contributed by atoms with van der Waals surface area (Å²) < 4.78 is 4.67. The highest BCUT2D eigenvalue weighted by Gasteiger charge is 2.21. The molecule has 3 heterocycles. The molecule has 0 fully saturated rings. The number of fused-ring (bicyclic) bond motifs is 6. The smallest absolute Gasteiger partial charge is 0.169 e. The van der Waals surface area contributed by atoms with Crippen LogP contribution in [0.4, 0.5) is 0 Å². The first-order chi connectivity index (χ1) is 24.8. The highest BCUT2D eigenvalue weighted by Crippen LogP contribution is 2.34. The third kappa shape index (κ3) is 4.55. The highest BCUT2D eigenvalue weighted by atomic mass is 15.2. The van der Waals surface area contributed by atoms with Crippen molar-refractivity contribution in [2.45, 2.75) is 6.17 Å². The molecule has 0 radical (unpaired) electrons. The van der Waals surface area contributed by atoms with Gasteiger partial charge in [0.1, 0.15) is 11.7 Å². The summed E-state index contributed by atoms with van der Waals surface area (Å²) in [7, 11) is 0. The molecular weight excluding hydrogens is 611 g/mol. The number of amidine groups is 2. The molecule has 5 nitrogen and oxygen atoms in total. The fraction of sp³-hybridized carbons (Fsp3) is 0.0222. The summed E-state index contributed by atoms with van der Waals surface area (Å²) in [4.78, 5) is 10.3. The van der Waals surface area contributed by atoms with E-state index < -0.39 is 6.17 Å². The van der Waals surface area contributed by atoms with Crippen molar-refractivity contribution in [3.63, 3.8) is 0 Å². The summed E-state index contributed by atoms with van der Waals surface area (Å²) in [5.41, 5.74) is 10.0. The van der Waals surface area contributed by atoms with Crippen molar-refractivity contribution in [1.29, 1.82) is 0 Å². The Balaban J connectivity index is 1.04. The largest absolute Gasteiger partial charge is 0.324 e. The van der Waals surface area contributed by atoms with E-state index in [2.05, 4.69) is 172 Å². The summed E-state index contributed by atoms with van der Waals surface area (Å²) >= 11 is 0. The van der Waals surface area contributed by atoms with Crippen molar-refractivity contribution < 1.29 is 0 Å². The maximum absolute atomic E-state index is 5.19. The van der Waals surface area contributed by atoms with Gasteiger partial charge in [-0.2, -0.15) is 0 Å². The van der Waals surface area contributed by atoms with Crippen LogP contribution in [0.3, 0.4) is 0 Å². The molecule has 10 rings (SSSR count). The molecule has 0 saturated heterocycles. The monoisotopic (exact) mass is 641 g/mol. The summed E-state index contributed by atoms with van der Waals surface area (Å²) in [6.45, 7) is 0. The van der Waals surface area contributed by atoms with Gasteiger partial charge in [-0.05, 0) is 66.2 Å². The maximum atomic E-state index is 5.19. The lowest BCUT2D eigenvalue weighted by Crippen LogP contribution is -2.36. The first-order valence-electron chi connectivity index (χ1n) is 17.0. The van der Waals surface area contributed by atoms with E-state index in [1.54, 1.807) is 0 Å². The van der Waals surface area contributed by atoms with E-state index in [0.717, 1.165) is 39.7 Å². The molecule has 7 aromatic carbocycles. The third-order valence-electron chi connectivity index (χ3n) is 9.80. The van der Waals surface area contributed by atoms with Gasteiger partial charge in [0.2, 0.25) is 0 Å². The Kier molecular flexibility index (Phi) is 6.49.